The minimum Gasteiger partial charge on any atom is -0.462 e. The SMILES string of the molecule is CCCCCC/C=C\C=C/CCCCCCCC(=O)OC[C@H](COP(=O)(O)OC[C@@H](O)COP(=O)(O)OC[C@@H](COC(=O)CCCCCCCCCCC)OC(=O)CCCCCCCCCCC)OC(=O)CCCCCCCCCCCCCCCCCCCCCCCC. The van der Waals surface area contributed by atoms with Crippen molar-refractivity contribution in [2.75, 3.05) is 39.6 Å². The van der Waals surface area contributed by atoms with Crippen LogP contribution in [-0.2, 0) is 65.4 Å². The molecule has 0 radical (unpaired) electrons. The average molecular weight is 1390 g/mol. The number of ether oxygens (including phenoxy) is 4. The zero-order chi connectivity index (χ0) is 69.7. The van der Waals surface area contributed by atoms with E-state index in [4.69, 9.17) is 37.0 Å². The molecular formula is C76H144O17P2. The molecule has 0 bridgehead atoms. The van der Waals surface area contributed by atoms with Gasteiger partial charge >= 0.3 is 39.5 Å². The molecule has 0 saturated heterocycles. The molecule has 5 atom stereocenters. The number of rotatable bonds is 75. The molecule has 0 saturated carbocycles. The lowest BCUT2D eigenvalue weighted by Gasteiger charge is -2.21. The van der Waals surface area contributed by atoms with E-state index < -0.39 is 97.5 Å². The van der Waals surface area contributed by atoms with Crippen LogP contribution in [0, 0.1) is 0 Å². The molecule has 560 valence electrons. The van der Waals surface area contributed by atoms with Crippen molar-refractivity contribution in [1.29, 1.82) is 0 Å². The summed E-state index contributed by atoms with van der Waals surface area (Å²) < 4.78 is 68.3. The maximum Gasteiger partial charge on any atom is 0.472 e. The van der Waals surface area contributed by atoms with Gasteiger partial charge in [0.05, 0.1) is 26.4 Å². The number of hydrogen-bond donors (Lipinski definition) is 3. The second-order valence-electron chi connectivity index (χ2n) is 26.7. The molecule has 19 heteroatoms. The number of phosphoric ester groups is 2. The van der Waals surface area contributed by atoms with Gasteiger partial charge in [-0.15, -0.1) is 0 Å². The van der Waals surface area contributed by atoms with Crippen molar-refractivity contribution in [3.63, 3.8) is 0 Å². The summed E-state index contributed by atoms with van der Waals surface area (Å²) in [5, 5.41) is 10.6. The van der Waals surface area contributed by atoms with Crippen LogP contribution in [0.3, 0.4) is 0 Å². The fraction of sp³-hybridized carbons (Fsp3) is 0.895. The molecule has 0 aromatic carbocycles. The molecule has 3 N–H and O–H groups in total. The fourth-order valence-corrected chi connectivity index (χ4v) is 12.8. The zero-order valence-electron chi connectivity index (χ0n) is 61.1. The van der Waals surface area contributed by atoms with E-state index in [1.807, 2.05) is 0 Å². The van der Waals surface area contributed by atoms with E-state index in [-0.39, 0.29) is 25.7 Å². The lowest BCUT2D eigenvalue weighted by molar-refractivity contribution is -0.161. The Bertz CT molecular complexity index is 1900. The van der Waals surface area contributed by atoms with Crippen molar-refractivity contribution in [2.24, 2.45) is 0 Å². The first-order chi connectivity index (χ1) is 46.2. The van der Waals surface area contributed by atoms with E-state index >= 15 is 0 Å². The zero-order valence-corrected chi connectivity index (χ0v) is 62.9. The molecule has 17 nitrogen and oxygen atoms in total. The van der Waals surface area contributed by atoms with E-state index in [1.54, 1.807) is 0 Å². The average Bonchev–Trinajstić information content (AvgIpc) is 1.55. The van der Waals surface area contributed by atoms with Gasteiger partial charge in [-0.1, -0.05) is 328 Å². The summed E-state index contributed by atoms with van der Waals surface area (Å²) >= 11 is 0. The van der Waals surface area contributed by atoms with Gasteiger partial charge < -0.3 is 33.8 Å². The van der Waals surface area contributed by atoms with E-state index in [0.29, 0.717) is 25.7 Å². The number of unbranched alkanes of at least 4 members (excludes halogenated alkanes) is 46. The summed E-state index contributed by atoms with van der Waals surface area (Å²) in [6.45, 7) is 4.88. The topological polar surface area (TPSA) is 237 Å². The Morgan fingerprint density at radius 3 is 0.768 bits per heavy atom. The largest absolute Gasteiger partial charge is 0.472 e. The Morgan fingerprint density at radius 1 is 0.295 bits per heavy atom. The summed E-state index contributed by atoms with van der Waals surface area (Å²) in [7, 11) is -9.91. The summed E-state index contributed by atoms with van der Waals surface area (Å²) in [6.07, 6.45) is 63.5. The van der Waals surface area contributed by atoms with Gasteiger partial charge in [0.2, 0.25) is 0 Å². The third-order valence-corrected chi connectivity index (χ3v) is 19.1. The second kappa shape index (κ2) is 70.0. The van der Waals surface area contributed by atoms with Gasteiger partial charge in [0, 0.05) is 25.7 Å². The quantitative estimate of drug-likeness (QED) is 0.0169. The monoisotopic (exact) mass is 1390 g/mol. The summed E-state index contributed by atoms with van der Waals surface area (Å²) in [4.78, 5) is 72.6. The highest BCUT2D eigenvalue weighted by Gasteiger charge is 2.30. The summed E-state index contributed by atoms with van der Waals surface area (Å²) in [5.74, 6) is -2.15. The van der Waals surface area contributed by atoms with Crippen molar-refractivity contribution < 1.29 is 80.2 Å². The first-order valence-electron chi connectivity index (χ1n) is 39.1. The first-order valence-corrected chi connectivity index (χ1v) is 42.1. The van der Waals surface area contributed by atoms with Crippen LogP contribution in [0.1, 0.15) is 381 Å². The van der Waals surface area contributed by atoms with Crippen molar-refractivity contribution in [1.82, 2.24) is 0 Å². The smallest absolute Gasteiger partial charge is 0.462 e. The first kappa shape index (κ1) is 92.5. The minimum absolute atomic E-state index is 0.102. The molecule has 2 unspecified atom stereocenters. The van der Waals surface area contributed by atoms with Crippen LogP contribution in [0.25, 0.3) is 0 Å². The van der Waals surface area contributed by atoms with E-state index in [2.05, 4.69) is 52.0 Å². The van der Waals surface area contributed by atoms with Crippen LogP contribution in [0.4, 0.5) is 0 Å². The molecule has 0 fully saturated rings. The lowest BCUT2D eigenvalue weighted by Crippen LogP contribution is -2.30. The number of carbonyl (C=O) groups excluding carboxylic acids is 4. The Hall–Kier alpha value is -2.46. The van der Waals surface area contributed by atoms with Gasteiger partial charge in [-0.3, -0.25) is 37.3 Å². The second-order valence-corrected chi connectivity index (χ2v) is 29.6. The predicted molar refractivity (Wildman–Crippen MR) is 386 cm³/mol. The van der Waals surface area contributed by atoms with Gasteiger partial charge in [-0.2, -0.15) is 0 Å². The fourth-order valence-electron chi connectivity index (χ4n) is 11.2. The van der Waals surface area contributed by atoms with Crippen LogP contribution >= 0.6 is 15.6 Å². The van der Waals surface area contributed by atoms with Gasteiger partial charge in [0.1, 0.15) is 19.3 Å². The number of aliphatic hydroxyl groups excluding tert-OH is 1. The molecule has 0 aliphatic carbocycles. The maximum absolute atomic E-state index is 13.1. The van der Waals surface area contributed by atoms with Crippen molar-refractivity contribution in [2.45, 2.75) is 399 Å². The highest BCUT2D eigenvalue weighted by Crippen LogP contribution is 2.45. The maximum atomic E-state index is 13.1. The third-order valence-electron chi connectivity index (χ3n) is 17.2. The number of allylic oxidation sites excluding steroid dienone is 4. The Balaban J connectivity index is 5.18. The van der Waals surface area contributed by atoms with Gasteiger partial charge in [-0.25, -0.2) is 9.13 Å². The van der Waals surface area contributed by atoms with E-state index in [1.165, 1.54) is 193 Å². The Labute approximate surface area is 580 Å². The predicted octanol–water partition coefficient (Wildman–Crippen LogP) is 22.2. The minimum atomic E-state index is -4.96. The summed E-state index contributed by atoms with van der Waals surface area (Å²) in [6, 6.07) is 0. The Morgan fingerprint density at radius 2 is 0.505 bits per heavy atom. The number of phosphoric acid groups is 2. The van der Waals surface area contributed by atoms with Gasteiger partial charge in [0.15, 0.2) is 12.2 Å². The highest BCUT2D eigenvalue weighted by molar-refractivity contribution is 7.47. The number of esters is 4. The summed E-state index contributed by atoms with van der Waals surface area (Å²) in [5.41, 5.74) is 0. The molecule has 95 heavy (non-hydrogen) atoms. The van der Waals surface area contributed by atoms with Crippen molar-refractivity contribution in [3.05, 3.63) is 24.3 Å². The molecule has 0 heterocycles. The molecule has 0 spiro atoms. The molecule has 0 aromatic heterocycles. The van der Waals surface area contributed by atoms with Crippen LogP contribution in [-0.4, -0.2) is 96.7 Å². The van der Waals surface area contributed by atoms with Crippen LogP contribution in [0.2, 0.25) is 0 Å². The van der Waals surface area contributed by atoms with Crippen LogP contribution in [0.15, 0.2) is 24.3 Å². The highest BCUT2D eigenvalue weighted by atomic mass is 31.2. The lowest BCUT2D eigenvalue weighted by atomic mass is 10.0. The number of hydrogen-bond acceptors (Lipinski definition) is 15. The molecule has 0 aliphatic heterocycles. The molecular weight excluding hydrogens is 1250 g/mol. The van der Waals surface area contributed by atoms with Crippen molar-refractivity contribution in [3.8, 4) is 0 Å². The molecule has 0 rings (SSSR count). The molecule has 0 amide bonds. The van der Waals surface area contributed by atoms with Gasteiger partial charge in [-0.05, 0) is 51.4 Å². The number of carbonyl (C=O) groups is 4. The molecule has 0 aromatic rings. The van der Waals surface area contributed by atoms with Crippen LogP contribution < -0.4 is 0 Å². The van der Waals surface area contributed by atoms with Crippen LogP contribution in [0.5, 0.6) is 0 Å². The number of aliphatic hydroxyl groups is 1. The normalized spacial score (nSPS) is 14.1. The van der Waals surface area contributed by atoms with E-state index in [0.717, 1.165) is 109 Å². The van der Waals surface area contributed by atoms with Crippen molar-refractivity contribution >= 4 is 39.5 Å². The Kier molecular flexibility index (Phi) is 68.2. The molecule has 0 aliphatic rings. The standard InChI is InChI=1S/C76H144O17P2/c1-5-9-13-17-21-25-27-29-31-32-33-34-35-36-37-39-41-43-47-51-55-59-63-76(81)93-72(67-87-74(79)61-57-53-49-46-42-40-38-30-28-26-22-18-14-10-6-2)69-91-95(84,85)89-65-70(77)64-88-94(82,83)90-68-71(92-75(80)62-58-54-50-45-24-20-16-12-8-4)66-86-73(78)60-56-52-48-44-23-19-15-11-7-3/h26,28,30,38,70-72,77H,5-25,27,29,31-37,39-69H2,1-4H3,(H,82,83)(H,84,85)/b28-26-,38-30-/t70-,71+,72+/m0/s1. The third kappa shape index (κ3) is 69.8. The van der Waals surface area contributed by atoms with Gasteiger partial charge in [0.25, 0.3) is 0 Å². The van der Waals surface area contributed by atoms with E-state index in [9.17, 15) is 43.2 Å².